The summed E-state index contributed by atoms with van der Waals surface area (Å²) in [6.45, 7) is 3.64. The van der Waals surface area contributed by atoms with E-state index in [1.165, 1.54) is 12.1 Å². The van der Waals surface area contributed by atoms with Crippen LogP contribution in [0.1, 0.15) is 61.4 Å². The topological polar surface area (TPSA) is 50.7 Å². The Labute approximate surface area is 196 Å². The summed E-state index contributed by atoms with van der Waals surface area (Å²) in [5.74, 6) is -0.123. The Hall–Kier alpha value is -2.75. The van der Waals surface area contributed by atoms with Gasteiger partial charge in [0.25, 0.3) is 5.60 Å². The maximum absolute atomic E-state index is 14.1. The maximum Gasteiger partial charge on any atom is 0.435 e. The van der Waals surface area contributed by atoms with E-state index in [9.17, 15) is 31.1 Å². The van der Waals surface area contributed by atoms with E-state index in [2.05, 4.69) is 10.5 Å². The van der Waals surface area contributed by atoms with Crippen LogP contribution in [0.25, 0.3) is 0 Å². The Bertz CT molecular complexity index is 1080. The van der Waals surface area contributed by atoms with Crippen molar-refractivity contribution in [1.29, 1.82) is 0 Å². The minimum absolute atomic E-state index is 0.0833. The molecule has 1 aliphatic rings. The number of benzene rings is 2. The summed E-state index contributed by atoms with van der Waals surface area (Å²) >= 11 is 5.71. The van der Waals surface area contributed by atoms with Crippen molar-refractivity contribution >= 4 is 23.2 Å². The summed E-state index contributed by atoms with van der Waals surface area (Å²) in [6.07, 6.45) is -9.75. The number of oxime groups is 1. The third kappa shape index (κ3) is 5.32. The molecule has 2 atom stereocenters. The van der Waals surface area contributed by atoms with E-state index in [1.807, 2.05) is 6.92 Å². The number of hydrogen-bond acceptors (Lipinski definition) is 3. The molecule has 1 N–H and O–H groups in total. The molecule has 0 bridgehead atoms. The standard InChI is InChI=1S/C23H21ClF6N2O2/c1-3-4-20(33)31-13(2)14-5-7-15(8-6-14)19-12-21(34-32-19,23(28,29)30)16-9-17(22(25,26)27)11-18(24)10-16/h5-11,13H,3-4,12H2,1-2H3,(H,31,33)/t13-,21?/m0/s1. The highest BCUT2D eigenvalue weighted by Crippen LogP contribution is 2.50. The molecule has 2 aromatic rings. The van der Waals surface area contributed by atoms with Crippen LogP contribution >= 0.6 is 11.6 Å². The van der Waals surface area contributed by atoms with Crippen LogP contribution in [-0.4, -0.2) is 17.8 Å². The lowest BCUT2D eigenvalue weighted by molar-refractivity contribution is -0.276. The first-order chi connectivity index (χ1) is 15.8. The zero-order valence-corrected chi connectivity index (χ0v) is 18.9. The van der Waals surface area contributed by atoms with Gasteiger partial charge < -0.3 is 10.2 Å². The molecule has 0 radical (unpaired) electrons. The monoisotopic (exact) mass is 506 g/mol. The molecule has 1 amide bonds. The smallest absolute Gasteiger partial charge is 0.374 e. The van der Waals surface area contributed by atoms with Crippen LogP contribution in [0.3, 0.4) is 0 Å². The zero-order chi connectivity index (χ0) is 25.3. The Morgan fingerprint density at radius 1 is 1.15 bits per heavy atom. The van der Waals surface area contributed by atoms with Gasteiger partial charge in [0, 0.05) is 23.4 Å². The Morgan fingerprint density at radius 2 is 1.79 bits per heavy atom. The maximum atomic E-state index is 14.1. The average Bonchev–Trinajstić information content (AvgIpc) is 3.20. The Morgan fingerprint density at radius 3 is 2.35 bits per heavy atom. The summed E-state index contributed by atoms with van der Waals surface area (Å²) in [6, 6.07) is 7.69. The number of carbonyl (C=O) groups is 1. The van der Waals surface area contributed by atoms with Gasteiger partial charge in [0.2, 0.25) is 5.91 Å². The van der Waals surface area contributed by atoms with E-state index in [0.717, 1.165) is 11.6 Å². The third-order valence-electron chi connectivity index (χ3n) is 5.48. The predicted molar refractivity (Wildman–Crippen MR) is 114 cm³/mol. The number of nitrogens with one attached hydrogen (secondary N) is 1. The van der Waals surface area contributed by atoms with Gasteiger partial charge in [0.1, 0.15) is 0 Å². The molecule has 1 heterocycles. The summed E-state index contributed by atoms with van der Waals surface area (Å²) in [5.41, 5.74) is -4.28. The van der Waals surface area contributed by atoms with Crippen molar-refractivity contribution in [1.82, 2.24) is 5.32 Å². The number of rotatable bonds is 6. The molecule has 2 aromatic carbocycles. The van der Waals surface area contributed by atoms with Crippen molar-refractivity contribution in [3.05, 3.63) is 69.7 Å². The van der Waals surface area contributed by atoms with Crippen LogP contribution in [0.5, 0.6) is 0 Å². The first-order valence-electron chi connectivity index (χ1n) is 10.4. The van der Waals surface area contributed by atoms with Crippen LogP contribution in [0.4, 0.5) is 26.3 Å². The Kier molecular flexibility index (Phi) is 7.21. The molecular formula is C23H21ClF6N2O2. The highest BCUT2D eigenvalue weighted by Gasteiger charge is 2.62. The molecule has 0 saturated carbocycles. The highest BCUT2D eigenvalue weighted by atomic mass is 35.5. The fourth-order valence-corrected chi connectivity index (χ4v) is 3.87. The lowest BCUT2D eigenvalue weighted by atomic mass is 9.85. The fourth-order valence-electron chi connectivity index (χ4n) is 3.63. The predicted octanol–water partition coefficient (Wildman–Crippen LogP) is 6.92. The molecule has 0 spiro atoms. The normalized spacial score (nSPS) is 19.4. The summed E-state index contributed by atoms with van der Waals surface area (Å²) in [5, 5.41) is 5.88. The first-order valence-corrected chi connectivity index (χ1v) is 10.7. The molecule has 11 heteroatoms. The van der Waals surface area contributed by atoms with Crippen molar-refractivity contribution in [3.8, 4) is 0 Å². The molecule has 4 nitrogen and oxygen atoms in total. The van der Waals surface area contributed by atoms with E-state index < -0.39 is 40.5 Å². The zero-order valence-electron chi connectivity index (χ0n) is 18.1. The lowest BCUT2D eigenvalue weighted by Gasteiger charge is -2.30. The molecule has 0 fully saturated rings. The highest BCUT2D eigenvalue weighted by molar-refractivity contribution is 6.30. The van der Waals surface area contributed by atoms with E-state index in [1.54, 1.807) is 19.1 Å². The number of carbonyl (C=O) groups excluding carboxylic acids is 1. The van der Waals surface area contributed by atoms with Crippen LogP contribution in [-0.2, 0) is 21.4 Å². The van der Waals surface area contributed by atoms with E-state index in [4.69, 9.17) is 16.4 Å². The molecule has 1 unspecified atom stereocenters. The number of alkyl halides is 6. The molecule has 184 valence electrons. The molecule has 3 rings (SSSR count). The van der Waals surface area contributed by atoms with Gasteiger partial charge in [0.15, 0.2) is 0 Å². The van der Waals surface area contributed by atoms with Crippen LogP contribution in [0.15, 0.2) is 47.6 Å². The van der Waals surface area contributed by atoms with Crippen LogP contribution < -0.4 is 5.32 Å². The minimum Gasteiger partial charge on any atom is -0.374 e. The quantitative estimate of drug-likeness (QED) is 0.432. The molecule has 1 aliphatic heterocycles. The Balaban J connectivity index is 1.88. The molecule has 34 heavy (non-hydrogen) atoms. The van der Waals surface area contributed by atoms with Gasteiger partial charge in [-0.25, -0.2) is 0 Å². The molecular weight excluding hydrogens is 486 g/mol. The minimum atomic E-state index is -5.08. The molecule has 0 saturated heterocycles. The summed E-state index contributed by atoms with van der Waals surface area (Å²) < 4.78 is 82.0. The average molecular weight is 507 g/mol. The molecule has 0 aliphatic carbocycles. The van der Waals surface area contributed by atoms with E-state index in [0.29, 0.717) is 30.5 Å². The fraction of sp³-hybridized carbons (Fsp3) is 0.391. The van der Waals surface area contributed by atoms with Gasteiger partial charge in [-0.1, -0.05) is 47.9 Å². The van der Waals surface area contributed by atoms with Crippen LogP contribution in [0.2, 0.25) is 5.02 Å². The van der Waals surface area contributed by atoms with Crippen molar-refractivity contribution < 1.29 is 36.0 Å². The van der Waals surface area contributed by atoms with Gasteiger partial charge in [-0.2, -0.15) is 26.3 Å². The third-order valence-corrected chi connectivity index (χ3v) is 5.69. The SMILES string of the molecule is CCCC(=O)N[C@@H](C)c1ccc(C2=NOC(c3cc(Cl)cc(C(F)(F)F)c3)(C(F)(F)F)C2)cc1. The van der Waals surface area contributed by atoms with Crippen LogP contribution in [0, 0.1) is 0 Å². The first kappa shape index (κ1) is 25.9. The van der Waals surface area contributed by atoms with Gasteiger partial charge in [-0.3, -0.25) is 4.79 Å². The van der Waals surface area contributed by atoms with Crippen molar-refractivity contribution in [2.45, 2.75) is 57.1 Å². The van der Waals surface area contributed by atoms with Crippen molar-refractivity contribution in [2.24, 2.45) is 5.16 Å². The molecule has 0 aromatic heterocycles. The summed E-state index contributed by atoms with van der Waals surface area (Å²) in [4.78, 5) is 16.6. The van der Waals surface area contributed by atoms with Gasteiger partial charge >= 0.3 is 12.4 Å². The number of nitrogens with zero attached hydrogens (tertiary/aromatic N) is 1. The second-order valence-corrected chi connectivity index (χ2v) is 8.45. The van der Waals surface area contributed by atoms with Crippen molar-refractivity contribution in [2.75, 3.05) is 0 Å². The lowest BCUT2D eigenvalue weighted by Crippen LogP contribution is -2.42. The van der Waals surface area contributed by atoms with Crippen molar-refractivity contribution in [3.63, 3.8) is 0 Å². The van der Waals surface area contributed by atoms with Gasteiger partial charge in [-0.15, -0.1) is 0 Å². The van der Waals surface area contributed by atoms with E-state index >= 15 is 0 Å². The number of hydrogen-bond donors (Lipinski definition) is 1. The summed E-state index contributed by atoms with van der Waals surface area (Å²) in [7, 11) is 0. The number of halogens is 7. The second kappa shape index (κ2) is 9.48. The second-order valence-electron chi connectivity index (χ2n) is 8.02. The van der Waals surface area contributed by atoms with Gasteiger partial charge in [-0.05, 0) is 42.7 Å². The number of amides is 1. The van der Waals surface area contributed by atoms with E-state index in [-0.39, 0.29) is 17.7 Å². The largest absolute Gasteiger partial charge is 0.435 e. The van der Waals surface area contributed by atoms with Gasteiger partial charge in [0.05, 0.1) is 17.3 Å².